The molecule has 1 unspecified atom stereocenters. The molecule has 19 heavy (non-hydrogen) atoms. The zero-order chi connectivity index (χ0) is 13.8. The Labute approximate surface area is 113 Å². The van der Waals surface area contributed by atoms with Crippen molar-refractivity contribution in [1.82, 2.24) is 4.90 Å². The van der Waals surface area contributed by atoms with Crippen LogP contribution in [0.3, 0.4) is 0 Å². The van der Waals surface area contributed by atoms with Crippen LogP contribution < -0.4 is 5.73 Å². The third-order valence-corrected chi connectivity index (χ3v) is 4.05. The third-order valence-electron chi connectivity index (χ3n) is 2.77. The molecule has 1 atom stereocenters. The summed E-state index contributed by atoms with van der Waals surface area (Å²) in [6.07, 6.45) is 0. The molecule has 1 saturated heterocycles. The van der Waals surface area contributed by atoms with E-state index in [1.165, 1.54) is 6.07 Å². The van der Waals surface area contributed by atoms with Gasteiger partial charge in [-0.2, -0.15) is 0 Å². The first-order chi connectivity index (χ1) is 9.06. The second kappa shape index (κ2) is 6.12. The number of rotatable bonds is 3. The number of morpholine rings is 1. The van der Waals surface area contributed by atoms with Gasteiger partial charge in [0.05, 0.1) is 24.0 Å². The quantitative estimate of drug-likeness (QED) is 0.815. The number of carbonyl (C=O) groups excluding carboxylic acids is 1. The SMILES string of the molecule is Nc1cc(F)cc(S(=O)CC(=O)N2CCOCC2)c1. The second-order valence-electron chi connectivity index (χ2n) is 4.20. The monoisotopic (exact) mass is 286 g/mol. The van der Waals surface area contributed by atoms with Crippen molar-refractivity contribution in [2.24, 2.45) is 0 Å². The molecule has 0 radical (unpaired) electrons. The molecule has 2 N–H and O–H groups in total. The van der Waals surface area contributed by atoms with Gasteiger partial charge in [-0.25, -0.2) is 4.39 Å². The molecule has 1 aliphatic rings. The first kappa shape index (κ1) is 14.0. The minimum atomic E-state index is -1.59. The number of nitrogen functional groups attached to an aromatic ring is 1. The van der Waals surface area contributed by atoms with Crippen molar-refractivity contribution in [3.8, 4) is 0 Å². The number of nitrogens with zero attached hydrogens (tertiary/aromatic N) is 1. The van der Waals surface area contributed by atoms with Crippen molar-refractivity contribution >= 4 is 22.4 Å². The van der Waals surface area contributed by atoms with Crippen molar-refractivity contribution < 1.29 is 18.1 Å². The average molecular weight is 286 g/mol. The molecule has 0 saturated carbocycles. The fraction of sp³-hybridized carbons (Fsp3) is 0.417. The molecule has 1 aromatic carbocycles. The van der Waals surface area contributed by atoms with Crippen LogP contribution in [0.25, 0.3) is 0 Å². The molecule has 1 heterocycles. The van der Waals surface area contributed by atoms with Crippen molar-refractivity contribution in [3.05, 3.63) is 24.0 Å². The summed E-state index contributed by atoms with van der Waals surface area (Å²) in [6.45, 7) is 1.99. The van der Waals surface area contributed by atoms with Crippen molar-refractivity contribution in [1.29, 1.82) is 0 Å². The van der Waals surface area contributed by atoms with Crippen LogP contribution in [0.15, 0.2) is 23.1 Å². The molecular weight excluding hydrogens is 271 g/mol. The van der Waals surface area contributed by atoms with E-state index in [0.29, 0.717) is 26.3 Å². The highest BCUT2D eigenvalue weighted by atomic mass is 32.2. The molecule has 0 aromatic heterocycles. The highest BCUT2D eigenvalue weighted by Crippen LogP contribution is 2.15. The Morgan fingerprint density at radius 2 is 2.05 bits per heavy atom. The van der Waals surface area contributed by atoms with Gasteiger partial charge in [-0.15, -0.1) is 0 Å². The van der Waals surface area contributed by atoms with Gasteiger partial charge >= 0.3 is 0 Å². The van der Waals surface area contributed by atoms with Crippen LogP contribution in [0.5, 0.6) is 0 Å². The molecular formula is C12H15FN2O3S. The Bertz CT molecular complexity index is 483. The van der Waals surface area contributed by atoms with Crippen LogP contribution in [0, 0.1) is 5.82 Å². The van der Waals surface area contributed by atoms with Crippen LogP contribution in [0.1, 0.15) is 0 Å². The predicted octanol–water partition coefficient (Wildman–Crippen LogP) is 0.374. The summed E-state index contributed by atoms with van der Waals surface area (Å²) in [7, 11) is -1.59. The summed E-state index contributed by atoms with van der Waals surface area (Å²) in [5.41, 5.74) is 5.68. The fourth-order valence-corrected chi connectivity index (χ4v) is 2.90. The van der Waals surface area contributed by atoms with E-state index in [0.717, 1.165) is 12.1 Å². The van der Waals surface area contributed by atoms with Crippen LogP contribution in [0.2, 0.25) is 0 Å². The number of amides is 1. The number of nitrogens with two attached hydrogens (primary N) is 1. The number of ether oxygens (including phenoxy) is 1. The normalized spacial score (nSPS) is 17.2. The molecule has 0 aliphatic carbocycles. The Morgan fingerprint density at radius 1 is 1.37 bits per heavy atom. The molecule has 1 fully saturated rings. The van der Waals surface area contributed by atoms with Gasteiger partial charge in [0.1, 0.15) is 11.6 Å². The van der Waals surface area contributed by atoms with Gasteiger partial charge < -0.3 is 15.4 Å². The second-order valence-corrected chi connectivity index (χ2v) is 5.65. The van der Waals surface area contributed by atoms with Crippen molar-refractivity contribution in [3.63, 3.8) is 0 Å². The minimum absolute atomic E-state index is 0.164. The Balaban J connectivity index is 2.01. The lowest BCUT2D eigenvalue weighted by molar-refractivity contribution is -0.132. The number of benzene rings is 1. The largest absolute Gasteiger partial charge is 0.399 e. The van der Waals surface area contributed by atoms with E-state index in [1.54, 1.807) is 4.90 Å². The van der Waals surface area contributed by atoms with E-state index in [9.17, 15) is 13.4 Å². The Morgan fingerprint density at radius 3 is 2.68 bits per heavy atom. The lowest BCUT2D eigenvalue weighted by Gasteiger charge is -2.26. The summed E-state index contributed by atoms with van der Waals surface area (Å²) in [6, 6.07) is 3.70. The van der Waals surface area contributed by atoms with Gasteiger partial charge in [0, 0.05) is 23.7 Å². The maximum Gasteiger partial charge on any atom is 0.235 e. The van der Waals surface area contributed by atoms with Crippen molar-refractivity contribution in [2.45, 2.75) is 4.90 Å². The lowest BCUT2D eigenvalue weighted by atomic mass is 10.3. The highest BCUT2D eigenvalue weighted by Gasteiger charge is 2.20. The number of hydrogen-bond donors (Lipinski definition) is 1. The van der Waals surface area contributed by atoms with Crippen LogP contribution >= 0.6 is 0 Å². The first-order valence-corrected chi connectivity index (χ1v) is 7.18. The van der Waals surface area contributed by atoms with Gasteiger partial charge in [0.25, 0.3) is 0 Å². The van der Waals surface area contributed by atoms with E-state index < -0.39 is 16.6 Å². The molecule has 1 aromatic rings. The van der Waals surface area contributed by atoms with Gasteiger partial charge in [0.15, 0.2) is 0 Å². The molecule has 1 amide bonds. The maximum atomic E-state index is 13.2. The predicted molar refractivity (Wildman–Crippen MR) is 69.5 cm³/mol. The van der Waals surface area contributed by atoms with Crippen LogP contribution in [-0.4, -0.2) is 47.1 Å². The zero-order valence-corrected chi connectivity index (χ0v) is 11.1. The molecule has 0 bridgehead atoms. The summed E-state index contributed by atoms with van der Waals surface area (Å²) < 4.78 is 30.3. The van der Waals surface area contributed by atoms with E-state index >= 15 is 0 Å². The van der Waals surface area contributed by atoms with E-state index in [2.05, 4.69) is 0 Å². The van der Waals surface area contributed by atoms with Crippen LogP contribution in [-0.2, 0) is 20.3 Å². The van der Waals surface area contributed by atoms with Gasteiger partial charge in [-0.3, -0.25) is 9.00 Å². The van der Waals surface area contributed by atoms with Gasteiger partial charge in [0.2, 0.25) is 5.91 Å². The Hall–Kier alpha value is -1.47. The lowest BCUT2D eigenvalue weighted by Crippen LogP contribution is -2.42. The molecule has 1 aliphatic heterocycles. The topological polar surface area (TPSA) is 72.6 Å². The number of anilines is 1. The standard InChI is InChI=1S/C12H15FN2O3S/c13-9-5-10(14)7-11(6-9)19(17)8-12(16)15-1-3-18-4-2-15/h5-7H,1-4,8,14H2. The summed E-state index contributed by atoms with van der Waals surface area (Å²) in [5.74, 6) is -0.935. The first-order valence-electron chi connectivity index (χ1n) is 5.86. The number of carbonyl (C=O) groups is 1. The summed E-state index contributed by atoms with van der Waals surface area (Å²) >= 11 is 0. The van der Waals surface area contributed by atoms with E-state index in [1.807, 2.05) is 0 Å². The van der Waals surface area contributed by atoms with Gasteiger partial charge in [-0.05, 0) is 18.2 Å². The minimum Gasteiger partial charge on any atom is -0.399 e. The van der Waals surface area contributed by atoms with Gasteiger partial charge in [-0.1, -0.05) is 0 Å². The molecule has 104 valence electrons. The molecule has 0 spiro atoms. The molecule has 2 rings (SSSR count). The fourth-order valence-electron chi connectivity index (χ4n) is 1.82. The smallest absolute Gasteiger partial charge is 0.235 e. The number of hydrogen-bond acceptors (Lipinski definition) is 4. The summed E-state index contributed by atoms with van der Waals surface area (Å²) in [4.78, 5) is 13.7. The highest BCUT2D eigenvalue weighted by molar-refractivity contribution is 7.85. The van der Waals surface area contributed by atoms with Crippen molar-refractivity contribution in [2.75, 3.05) is 37.8 Å². The Kier molecular flexibility index (Phi) is 4.49. The maximum absolute atomic E-state index is 13.2. The zero-order valence-electron chi connectivity index (χ0n) is 10.3. The van der Waals surface area contributed by atoms with Crippen LogP contribution in [0.4, 0.5) is 10.1 Å². The summed E-state index contributed by atoms with van der Waals surface area (Å²) in [5, 5.41) is 0. The van der Waals surface area contributed by atoms with E-state index in [-0.39, 0.29) is 22.2 Å². The molecule has 7 heteroatoms. The van der Waals surface area contributed by atoms with E-state index in [4.69, 9.17) is 10.5 Å². The third kappa shape index (κ3) is 3.74. The number of halogens is 1. The average Bonchev–Trinajstić information content (AvgIpc) is 2.38. The molecule has 5 nitrogen and oxygen atoms in total.